The highest BCUT2D eigenvalue weighted by molar-refractivity contribution is 5.96. The number of nitrogens with zero attached hydrogens (tertiary/aromatic N) is 1. The van der Waals surface area contributed by atoms with E-state index in [9.17, 15) is 19.6 Å². The minimum absolute atomic E-state index is 0.339. The standard InChI is InChI=1S/C20H25N3O4/c1-14-7-6-8-16(11-14)19(26)22-12-17(24)27-15(2)18(25)23-20(13-21)9-4-3-5-10-20/h6-8,11,15H,3-5,9-10,12H2,1-2H3,(H,22,26)(H,23,25)/t15-/m0/s1. The van der Waals surface area contributed by atoms with Gasteiger partial charge in [0.1, 0.15) is 12.1 Å². The van der Waals surface area contributed by atoms with Crippen molar-refractivity contribution in [3.8, 4) is 6.07 Å². The minimum Gasteiger partial charge on any atom is -0.451 e. The van der Waals surface area contributed by atoms with Gasteiger partial charge < -0.3 is 15.4 Å². The number of nitriles is 1. The molecule has 1 aromatic rings. The van der Waals surface area contributed by atoms with Crippen LogP contribution in [-0.4, -0.2) is 36.0 Å². The number of carbonyl (C=O) groups is 3. The fraction of sp³-hybridized carbons (Fsp3) is 0.500. The molecule has 1 atom stereocenters. The molecule has 1 aromatic carbocycles. The van der Waals surface area contributed by atoms with Crippen LogP contribution in [0.2, 0.25) is 0 Å². The molecular formula is C20H25N3O4. The topological polar surface area (TPSA) is 108 Å². The quantitative estimate of drug-likeness (QED) is 0.744. The van der Waals surface area contributed by atoms with Crippen molar-refractivity contribution >= 4 is 17.8 Å². The predicted octanol–water partition coefficient (Wildman–Crippen LogP) is 2.00. The average molecular weight is 371 g/mol. The Labute approximate surface area is 159 Å². The van der Waals surface area contributed by atoms with Gasteiger partial charge in [-0.1, -0.05) is 37.0 Å². The molecule has 27 heavy (non-hydrogen) atoms. The summed E-state index contributed by atoms with van der Waals surface area (Å²) in [5, 5.41) is 14.6. The number of amides is 2. The van der Waals surface area contributed by atoms with E-state index in [1.165, 1.54) is 6.92 Å². The van der Waals surface area contributed by atoms with Crippen LogP contribution in [0.1, 0.15) is 54.9 Å². The SMILES string of the molecule is Cc1cccc(C(=O)NCC(=O)O[C@@H](C)C(=O)NC2(C#N)CCCCC2)c1. The molecule has 0 radical (unpaired) electrons. The Hall–Kier alpha value is -2.88. The molecule has 1 aliphatic carbocycles. The van der Waals surface area contributed by atoms with E-state index in [4.69, 9.17) is 4.74 Å². The van der Waals surface area contributed by atoms with Crippen molar-refractivity contribution in [2.45, 2.75) is 57.6 Å². The van der Waals surface area contributed by atoms with Gasteiger partial charge in [0.15, 0.2) is 6.10 Å². The van der Waals surface area contributed by atoms with Crippen LogP contribution in [0.5, 0.6) is 0 Å². The van der Waals surface area contributed by atoms with Crippen molar-refractivity contribution in [3.05, 3.63) is 35.4 Å². The van der Waals surface area contributed by atoms with Gasteiger partial charge in [-0.25, -0.2) is 0 Å². The van der Waals surface area contributed by atoms with Gasteiger partial charge >= 0.3 is 5.97 Å². The van der Waals surface area contributed by atoms with Gasteiger partial charge in [-0.15, -0.1) is 0 Å². The van der Waals surface area contributed by atoms with Crippen molar-refractivity contribution < 1.29 is 19.1 Å². The smallest absolute Gasteiger partial charge is 0.326 e. The van der Waals surface area contributed by atoms with E-state index in [-0.39, 0.29) is 6.54 Å². The zero-order chi connectivity index (χ0) is 19.9. The van der Waals surface area contributed by atoms with E-state index in [2.05, 4.69) is 16.7 Å². The first-order chi connectivity index (χ1) is 12.8. The second kappa shape index (κ2) is 9.17. The summed E-state index contributed by atoms with van der Waals surface area (Å²) in [4.78, 5) is 36.2. The lowest BCUT2D eigenvalue weighted by Crippen LogP contribution is -2.52. The minimum atomic E-state index is -1.04. The van der Waals surface area contributed by atoms with Gasteiger partial charge in [0, 0.05) is 5.56 Å². The molecule has 1 aliphatic rings. The van der Waals surface area contributed by atoms with Crippen LogP contribution < -0.4 is 10.6 Å². The third-order valence-electron chi connectivity index (χ3n) is 4.63. The van der Waals surface area contributed by atoms with Crippen molar-refractivity contribution in [2.24, 2.45) is 0 Å². The Morgan fingerprint density at radius 2 is 1.96 bits per heavy atom. The third kappa shape index (κ3) is 5.81. The Balaban J connectivity index is 1.81. The van der Waals surface area contributed by atoms with Crippen LogP contribution in [0.4, 0.5) is 0 Å². The number of esters is 1. The second-order valence-corrected chi connectivity index (χ2v) is 6.93. The van der Waals surface area contributed by atoms with Gasteiger partial charge in [-0.3, -0.25) is 14.4 Å². The first-order valence-electron chi connectivity index (χ1n) is 9.13. The molecule has 2 rings (SSSR count). The van der Waals surface area contributed by atoms with Crippen molar-refractivity contribution in [3.63, 3.8) is 0 Å². The number of carbonyl (C=O) groups excluding carboxylic acids is 3. The molecule has 2 amide bonds. The van der Waals surface area contributed by atoms with E-state index >= 15 is 0 Å². The number of hydrogen-bond donors (Lipinski definition) is 2. The molecule has 144 valence electrons. The lowest BCUT2D eigenvalue weighted by atomic mass is 9.83. The lowest BCUT2D eigenvalue weighted by Gasteiger charge is -2.32. The summed E-state index contributed by atoms with van der Waals surface area (Å²) in [5.41, 5.74) is 0.501. The first-order valence-corrected chi connectivity index (χ1v) is 9.13. The fourth-order valence-electron chi connectivity index (χ4n) is 3.09. The lowest BCUT2D eigenvalue weighted by molar-refractivity contribution is -0.154. The fourth-order valence-corrected chi connectivity index (χ4v) is 3.09. The van der Waals surface area contributed by atoms with Crippen molar-refractivity contribution in [2.75, 3.05) is 6.54 Å². The molecule has 7 nitrogen and oxygen atoms in total. The van der Waals surface area contributed by atoms with Crippen molar-refractivity contribution in [1.82, 2.24) is 10.6 Å². The highest BCUT2D eigenvalue weighted by Gasteiger charge is 2.35. The van der Waals surface area contributed by atoms with E-state index in [0.717, 1.165) is 24.8 Å². The molecule has 7 heteroatoms. The summed E-state index contributed by atoms with van der Waals surface area (Å²) in [6, 6.07) is 9.17. The number of rotatable bonds is 6. The Morgan fingerprint density at radius 3 is 2.59 bits per heavy atom. The summed E-state index contributed by atoms with van der Waals surface area (Å²) in [6.45, 7) is 2.98. The molecule has 0 spiro atoms. The van der Waals surface area contributed by atoms with Gasteiger partial charge in [0.25, 0.3) is 11.8 Å². The van der Waals surface area contributed by atoms with Crippen LogP contribution in [0, 0.1) is 18.3 Å². The van der Waals surface area contributed by atoms with Gasteiger partial charge in [-0.2, -0.15) is 5.26 Å². The van der Waals surface area contributed by atoms with Crippen LogP contribution >= 0.6 is 0 Å². The Morgan fingerprint density at radius 1 is 1.26 bits per heavy atom. The molecule has 0 aliphatic heterocycles. The number of benzene rings is 1. The summed E-state index contributed by atoms with van der Waals surface area (Å²) in [5.74, 6) is -1.61. The predicted molar refractivity (Wildman–Crippen MR) is 98.6 cm³/mol. The Bertz CT molecular complexity index is 748. The van der Waals surface area contributed by atoms with Gasteiger partial charge in [0.2, 0.25) is 0 Å². The van der Waals surface area contributed by atoms with E-state index in [1.54, 1.807) is 18.2 Å². The largest absolute Gasteiger partial charge is 0.451 e. The number of nitrogens with one attached hydrogen (secondary N) is 2. The number of aryl methyl sites for hydroxylation is 1. The average Bonchev–Trinajstić information content (AvgIpc) is 2.66. The maximum atomic E-state index is 12.3. The highest BCUT2D eigenvalue weighted by Crippen LogP contribution is 2.27. The van der Waals surface area contributed by atoms with Crippen molar-refractivity contribution in [1.29, 1.82) is 5.26 Å². The monoisotopic (exact) mass is 371 g/mol. The maximum Gasteiger partial charge on any atom is 0.326 e. The molecule has 0 saturated heterocycles. The molecule has 2 N–H and O–H groups in total. The molecule has 0 bridgehead atoms. The summed E-state index contributed by atoms with van der Waals surface area (Å²) < 4.78 is 5.08. The number of hydrogen-bond acceptors (Lipinski definition) is 5. The molecule has 0 heterocycles. The zero-order valence-corrected chi connectivity index (χ0v) is 15.7. The first kappa shape index (κ1) is 20.4. The van der Waals surface area contributed by atoms with Crippen LogP contribution in [-0.2, 0) is 14.3 Å². The number of ether oxygens (including phenoxy) is 1. The molecule has 0 unspecified atom stereocenters. The highest BCUT2D eigenvalue weighted by atomic mass is 16.5. The van der Waals surface area contributed by atoms with Gasteiger partial charge in [0.05, 0.1) is 6.07 Å². The summed E-state index contributed by atoms with van der Waals surface area (Å²) >= 11 is 0. The molecule has 1 fully saturated rings. The Kier molecular flexibility index (Phi) is 6.94. The molecule has 1 saturated carbocycles. The molecular weight excluding hydrogens is 346 g/mol. The van der Waals surface area contributed by atoms with E-state index in [0.29, 0.717) is 18.4 Å². The normalized spacial score (nSPS) is 16.5. The van der Waals surface area contributed by atoms with Crippen LogP contribution in [0.3, 0.4) is 0 Å². The maximum absolute atomic E-state index is 12.3. The second-order valence-electron chi connectivity index (χ2n) is 6.93. The summed E-state index contributed by atoms with van der Waals surface area (Å²) in [7, 11) is 0. The van der Waals surface area contributed by atoms with Gasteiger partial charge in [-0.05, 0) is 38.8 Å². The molecule has 0 aromatic heterocycles. The van der Waals surface area contributed by atoms with E-state index < -0.39 is 29.4 Å². The third-order valence-corrected chi connectivity index (χ3v) is 4.63. The summed E-state index contributed by atoms with van der Waals surface area (Å²) in [6.07, 6.45) is 2.97. The van der Waals surface area contributed by atoms with Crippen LogP contribution in [0.15, 0.2) is 24.3 Å². The van der Waals surface area contributed by atoms with E-state index in [1.807, 2.05) is 13.0 Å². The van der Waals surface area contributed by atoms with Crippen LogP contribution in [0.25, 0.3) is 0 Å². The zero-order valence-electron chi connectivity index (χ0n) is 15.7.